The highest BCUT2D eigenvalue weighted by Gasteiger charge is 2.20. The van der Waals surface area contributed by atoms with Crippen molar-refractivity contribution in [3.63, 3.8) is 0 Å². The first-order valence-electron chi connectivity index (χ1n) is 8.22. The lowest BCUT2D eigenvalue weighted by Gasteiger charge is -2.13. The molecule has 6 nitrogen and oxygen atoms in total. The zero-order valence-electron chi connectivity index (χ0n) is 15.0. The van der Waals surface area contributed by atoms with Crippen LogP contribution in [0.15, 0.2) is 42.5 Å². The van der Waals surface area contributed by atoms with Crippen molar-refractivity contribution in [3.8, 4) is 0 Å². The van der Waals surface area contributed by atoms with E-state index in [4.69, 9.17) is 10.5 Å². The van der Waals surface area contributed by atoms with E-state index in [1.54, 1.807) is 43.3 Å². The van der Waals surface area contributed by atoms with Crippen molar-refractivity contribution in [2.24, 2.45) is 5.73 Å². The van der Waals surface area contributed by atoms with Crippen molar-refractivity contribution in [1.82, 2.24) is 5.32 Å². The summed E-state index contributed by atoms with van der Waals surface area (Å²) in [6, 6.07) is 11.3. The van der Waals surface area contributed by atoms with Gasteiger partial charge in [-0.15, -0.1) is 0 Å². The highest BCUT2D eigenvalue weighted by atomic mass is 16.5. The third-order valence-corrected chi connectivity index (χ3v) is 4.10. The molecule has 26 heavy (non-hydrogen) atoms. The molecule has 3 N–H and O–H groups in total. The lowest BCUT2D eigenvalue weighted by Crippen LogP contribution is -2.28. The van der Waals surface area contributed by atoms with E-state index < -0.39 is 18.1 Å². The summed E-state index contributed by atoms with van der Waals surface area (Å²) in [4.78, 5) is 35.4. The zero-order valence-corrected chi connectivity index (χ0v) is 15.0. The topological polar surface area (TPSA) is 98.5 Å². The molecule has 0 fully saturated rings. The van der Waals surface area contributed by atoms with Gasteiger partial charge in [0.05, 0.1) is 5.56 Å². The number of urea groups is 1. The maximum atomic E-state index is 12.4. The molecule has 0 bridgehead atoms. The number of aryl methyl sites for hydroxylation is 2. The van der Waals surface area contributed by atoms with Gasteiger partial charge in [0.15, 0.2) is 6.10 Å². The minimum atomic E-state index is -0.888. The molecular weight excluding hydrogens is 332 g/mol. The number of amides is 2. The number of carbonyl (C=O) groups excluding carboxylic acids is 3. The summed E-state index contributed by atoms with van der Waals surface area (Å²) in [5.74, 6) is -0.826. The van der Waals surface area contributed by atoms with Gasteiger partial charge in [0.2, 0.25) is 5.78 Å². The van der Waals surface area contributed by atoms with Crippen LogP contribution in [0.2, 0.25) is 0 Å². The Labute approximate surface area is 152 Å². The van der Waals surface area contributed by atoms with Crippen LogP contribution in [0.4, 0.5) is 4.79 Å². The lowest BCUT2D eigenvalue weighted by atomic mass is 10.0. The summed E-state index contributed by atoms with van der Waals surface area (Å²) in [6.45, 7) is 5.72. The fourth-order valence-electron chi connectivity index (χ4n) is 2.36. The van der Waals surface area contributed by atoms with Gasteiger partial charge in [-0.05, 0) is 55.7 Å². The fraction of sp³-hybridized carbons (Fsp3) is 0.250. The van der Waals surface area contributed by atoms with E-state index in [9.17, 15) is 14.4 Å². The van der Waals surface area contributed by atoms with Crippen LogP contribution in [0, 0.1) is 13.8 Å². The molecule has 136 valence electrons. The number of benzene rings is 2. The molecule has 0 aromatic heterocycles. The molecule has 0 heterocycles. The third kappa shape index (κ3) is 4.92. The molecule has 0 unspecified atom stereocenters. The monoisotopic (exact) mass is 354 g/mol. The summed E-state index contributed by atoms with van der Waals surface area (Å²) < 4.78 is 5.28. The molecule has 6 heteroatoms. The Morgan fingerprint density at radius 1 is 1.00 bits per heavy atom. The fourth-order valence-corrected chi connectivity index (χ4v) is 2.36. The van der Waals surface area contributed by atoms with Gasteiger partial charge in [-0.3, -0.25) is 4.79 Å². The first-order chi connectivity index (χ1) is 12.3. The number of nitrogens with one attached hydrogen (secondary N) is 1. The standard InChI is InChI=1S/C20H22N2O4/c1-12-4-7-17(10-13(12)2)18(23)14(3)26-19(24)16-8-5-15(6-9-16)11-22-20(21)25/h4-10,14H,11H2,1-3H3,(H3,21,22,25)/t14-/m1/s1. The van der Waals surface area contributed by atoms with Crippen LogP contribution in [0.3, 0.4) is 0 Å². The van der Waals surface area contributed by atoms with Gasteiger partial charge in [-0.25, -0.2) is 9.59 Å². The molecular formula is C20H22N2O4. The SMILES string of the molecule is Cc1ccc(C(=O)[C@@H](C)OC(=O)c2ccc(CNC(N)=O)cc2)cc1C. The highest BCUT2D eigenvalue weighted by molar-refractivity contribution is 6.01. The summed E-state index contributed by atoms with van der Waals surface area (Å²) in [5.41, 5.74) is 8.75. The number of primary amides is 1. The normalized spacial score (nSPS) is 11.5. The van der Waals surface area contributed by atoms with Crippen LogP contribution in [-0.4, -0.2) is 23.9 Å². The second-order valence-corrected chi connectivity index (χ2v) is 6.13. The Balaban J connectivity index is 2.00. The minimum absolute atomic E-state index is 0.247. The van der Waals surface area contributed by atoms with Gasteiger partial charge in [-0.1, -0.05) is 24.3 Å². The lowest BCUT2D eigenvalue weighted by molar-refractivity contribution is 0.0319. The molecule has 0 saturated heterocycles. The van der Waals surface area contributed by atoms with E-state index >= 15 is 0 Å². The van der Waals surface area contributed by atoms with E-state index in [-0.39, 0.29) is 12.3 Å². The smallest absolute Gasteiger partial charge is 0.338 e. The number of Topliss-reactive ketones (excluding diaryl/α,β-unsaturated/α-hetero) is 1. The number of ketones is 1. The Bertz CT molecular complexity index is 828. The van der Waals surface area contributed by atoms with Crippen LogP contribution in [0.5, 0.6) is 0 Å². The second-order valence-electron chi connectivity index (χ2n) is 6.13. The van der Waals surface area contributed by atoms with Crippen LogP contribution in [-0.2, 0) is 11.3 Å². The molecule has 0 aliphatic rings. The predicted molar refractivity (Wildman–Crippen MR) is 98.0 cm³/mol. The molecule has 0 aliphatic carbocycles. The van der Waals surface area contributed by atoms with Gasteiger partial charge >= 0.3 is 12.0 Å². The molecule has 2 amide bonds. The molecule has 2 aromatic rings. The van der Waals surface area contributed by atoms with Crippen molar-refractivity contribution in [3.05, 3.63) is 70.3 Å². The van der Waals surface area contributed by atoms with Crippen molar-refractivity contribution >= 4 is 17.8 Å². The number of ether oxygens (including phenoxy) is 1. The summed E-state index contributed by atoms with van der Waals surface area (Å²) >= 11 is 0. The molecule has 2 aromatic carbocycles. The van der Waals surface area contributed by atoms with E-state index in [1.807, 2.05) is 19.9 Å². The molecule has 0 spiro atoms. The van der Waals surface area contributed by atoms with Crippen LogP contribution in [0.1, 0.15) is 44.3 Å². The number of nitrogens with two attached hydrogens (primary N) is 1. The summed E-state index contributed by atoms with van der Waals surface area (Å²) in [6.07, 6.45) is -0.888. The molecule has 0 radical (unpaired) electrons. The van der Waals surface area contributed by atoms with E-state index in [0.29, 0.717) is 11.1 Å². The average molecular weight is 354 g/mol. The number of hydrogen-bond donors (Lipinski definition) is 2. The highest BCUT2D eigenvalue weighted by Crippen LogP contribution is 2.14. The van der Waals surface area contributed by atoms with E-state index in [0.717, 1.165) is 16.7 Å². The van der Waals surface area contributed by atoms with Gasteiger partial charge in [0.25, 0.3) is 0 Å². The van der Waals surface area contributed by atoms with E-state index in [1.165, 1.54) is 0 Å². The van der Waals surface area contributed by atoms with Crippen molar-refractivity contribution in [2.75, 3.05) is 0 Å². The molecule has 2 rings (SSSR count). The number of carbonyl (C=O) groups is 3. The maximum absolute atomic E-state index is 12.4. The van der Waals surface area contributed by atoms with Crippen LogP contribution >= 0.6 is 0 Å². The zero-order chi connectivity index (χ0) is 19.3. The first kappa shape index (κ1) is 19.2. The Morgan fingerprint density at radius 3 is 2.19 bits per heavy atom. The van der Waals surface area contributed by atoms with Crippen LogP contribution < -0.4 is 11.1 Å². The van der Waals surface area contributed by atoms with Gasteiger partial charge in [-0.2, -0.15) is 0 Å². The Kier molecular flexibility index (Phi) is 6.11. The van der Waals surface area contributed by atoms with Crippen molar-refractivity contribution in [1.29, 1.82) is 0 Å². The summed E-state index contributed by atoms with van der Waals surface area (Å²) in [7, 11) is 0. The molecule has 0 saturated carbocycles. The predicted octanol–water partition coefficient (Wildman–Crippen LogP) is 2.90. The maximum Gasteiger partial charge on any atom is 0.338 e. The summed E-state index contributed by atoms with van der Waals surface area (Å²) in [5, 5.41) is 2.46. The largest absolute Gasteiger partial charge is 0.451 e. The minimum Gasteiger partial charge on any atom is -0.451 e. The van der Waals surface area contributed by atoms with E-state index in [2.05, 4.69) is 5.32 Å². The Hall–Kier alpha value is -3.15. The second kappa shape index (κ2) is 8.29. The average Bonchev–Trinajstić information content (AvgIpc) is 2.62. The van der Waals surface area contributed by atoms with Gasteiger partial charge in [0.1, 0.15) is 0 Å². The molecule has 1 atom stereocenters. The number of esters is 1. The number of hydrogen-bond acceptors (Lipinski definition) is 4. The van der Waals surface area contributed by atoms with Gasteiger partial charge < -0.3 is 15.8 Å². The Morgan fingerprint density at radius 2 is 1.62 bits per heavy atom. The first-order valence-corrected chi connectivity index (χ1v) is 8.22. The third-order valence-electron chi connectivity index (χ3n) is 4.10. The quantitative estimate of drug-likeness (QED) is 0.615. The number of rotatable bonds is 6. The van der Waals surface area contributed by atoms with Crippen LogP contribution in [0.25, 0.3) is 0 Å². The van der Waals surface area contributed by atoms with Crippen molar-refractivity contribution < 1.29 is 19.1 Å². The van der Waals surface area contributed by atoms with Gasteiger partial charge in [0, 0.05) is 12.1 Å². The van der Waals surface area contributed by atoms with Crippen molar-refractivity contribution in [2.45, 2.75) is 33.4 Å². The molecule has 0 aliphatic heterocycles.